The number of carbonyl (C=O) groups excluding carboxylic acids is 1. The summed E-state index contributed by atoms with van der Waals surface area (Å²) in [6.45, 7) is 5.30. The molecule has 1 unspecified atom stereocenters. The molecule has 0 aliphatic heterocycles. The monoisotopic (exact) mass is 285 g/mol. The summed E-state index contributed by atoms with van der Waals surface area (Å²) in [4.78, 5) is 10.9. The molecule has 0 heterocycles. The summed E-state index contributed by atoms with van der Waals surface area (Å²) < 4.78 is 5.33. The molecule has 0 saturated heterocycles. The zero-order chi connectivity index (χ0) is 9.40. The van der Waals surface area contributed by atoms with E-state index in [1.165, 1.54) is 0 Å². The maximum Gasteiger partial charge on any atom is 0.407 e. The molecule has 0 fully saturated rings. The summed E-state index contributed by atoms with van der Waals surface area (Å²) in [6.07, 6.45) is 1.69. The molecule has 0 radical (unpaired) electrons. The van der Waals surface area contributed by atoms with Crippen molar-refractivity contribution in [1.82, 2.24) is 5.32 Å². The van der Waals surface area contributed by atoms with Gasteiger partial charge in [-0.05, 0) is 6.42 Å². The summed E-state index contributed by atoms with van der Waals surface area (Å²) >= 11 is 2.25. The van der Waals surface area contributed by atoms with E-state index in [1.807, 2.05) is 6.92 Å². The van der Waals surface area contributed by atoms with Crippen molar-refractivity contribution in [3.63, 3.8) is 0 Å². The maximum absolute atomic E-state index is 10.9. The van der Waals surface area contributed by atoms with Crippen LogP contribution in [0.25, 0.3) is 0 Å². The molecule has 0 aromatic heterocycles. The summed E-state index contributed by atoms with van der Waals surface area (Å²) in [6, 6.07) is 0. The van der Waals surface area contributed by atoms with Crippen molar-refractivity contribution >= 4 is 28.7 Å². The van der Waals surface area contributed by atoms with Crippen LogP contribution in [-0.4, -0.2) is 23.2 Å². The molecule has 12 heavy (non-hydrogen) atoms. The van der Waals surface area contributed by atoms with E-state index in [0.717, 1.165) is 12.8 Å². The minimum absolute atomic E-state index is 0.299. The molecule has 1 atom stereocenters. The highest BCUT2D eigenvalue weighted by Gasteiger charge is 2.01. The minimum atomic E-state index is -0.299. The molecule has 0 saturated carbocycles. The minimum Gasteiger partial charge on any atom is -0.450 e. The number of amides is 1. The zero-order valence-electron chi connectivity index (χ0n) is 7.60. The lowest BCUT2D eigenvalue weighted by Crippen LogP contribution is -2.29. The summed E-state index contributed by atoms with van der Waals surface area (Å²) in [7, 11) is 0. The zero-order valence-corrected chi connectivity index (χ0v) is 9.76. The number of unbranched alkanes of at least 4 members (excludes halogenated alkanes) is 1. The summed E-state index contributed by atoms with van der Waals surface area (Å²) in [5.41, 5.74) is 0. The first-order chi connectivity index (χ1) is 5.66. The molecular formula is C8H16INO2. The molecule has 0 aromatic carbocycles. The van der Waals surface area contributed by atoms with Crippen molar-refractivity contribution < 1.29 is 9.53 Å². The first-order valence-corrected chi connectivity index (χ1v) is 5.46. The molecule has 0 rings (SSSR count). The molecule has 0 aliphatic rings. The Morgan fingerprint density at radius 3 is 2.83 bits per heavy atom. The largest absolute Gasteiger partial charge is 0.450 e. The van der Waals surface area contributed by atoms with E-state index in [1.54, 1.807) is 0 Å². The van der Waals surface area contributed by atoms with Gasteiger partial charge >= 0.3 is 6.09 Å². The number of halogens is 1. The van der Waals surface area contributed by atoms with Crippen molar-refractivity contribution in [2.45, 2.75) is 30.6 Å². The number of nitrogens with one attached hydrogen (secondary N) is 1. The van der Waals surface area contributed by atoms with Gasteiger partial charge in [0.25, 0.3) is 0 Å². The Morgan fingerprint density at radius 2 is 2.33 bits per heavy atom. The van der Waals surface area contributed by atoms with Crippen LogP contribution in [0.4, 0.5) is 4.79 Å². The molecule has 0 aliphatic carbocycles. The van der Waals surface area contributed by atoms with Gasteiger partial charge in [0, 0.05) is 10.5 Å². The molecule has 3 nitrogen and oxygen atoms in total. The van der Waals surface area contributed by atoms with Gasteiger partial charge in [-0.15, -0.1) is 0 Å². The molecule has 0 spiro atoms. The van der Waals surface area contributed by atoms with E-state index < -0.39 is 0 Å². The number of hydrogen-bond acceptors (Lipinski definition) is 2. The third kappa shape index (κ3) is 8.10. The summed E-state index contributed by atoms with van der Waals surface area (Å²) in [5.74, 6) is 0. The molecule has 0 bridgehead atoms. The molecule has 0 aromatic rings. The summed E-state index contributed by atoms with van der Waals surface area (Å²) in [5, 5.41) is 2.67. The average molecular weight is 285 g/mol. The Hall–Kier alpha value is 0. The molecule has 1 N–H and O–H groups in total. The second kappa shape index (κ2) is 7.64. The molecule has 72 valence electrons. The van der Waals surface area contributed by atoms with E-state index in [0.29, 0.717) is 17.1 Å². The smallest absolute Gasteiger partial charge is 0.407 e. The van der Waals surface area contributed by atoms with Crippen LogP contribution in [0.5, 0.6) is 0 Å². The van der Waals surface area contributed by atoms with Gasteiger partial charge in [0.15, 0.2) is 0 Å². The predicted octanol–water partition coefficient (Wildman–Crippen LogP) is 2.34. The van der Waals surface area contributed by atoms with E-state index in [-0.39, 0.29) is 6.09 Å². The van der Waals surface area contributed by atoms with Gasteiger partial charge in [-0.1, -0.05) is 42.9 Å². The molecular weight excluding hydrogens is 269 g/mol. The van der Waals surface area contributed by atoms with Gasteiger partial charge in [0.05, 0.1) is 6.61 Å². The van der Waals surface area contributed by atoms with Gasteiger partial charge in [0.1, 0.15) is 0 Å². The van der Waals surface area contributed by atoms with Crippen LogP contribution in [0.2, 0.25) is 0 Å². The van der Waals surface area contributed by atoms with Gasteiger partial charge < -0.3 is 10.1 Å². The molecule has 1 amide bonds. The number of rotatable bonds is 5. The lowest BCUT2D eigenvalue weighted by atomic mass is 10.4. The van der Waals surface area contributed by atoms with Crippen LogP contribution in [0.15, 0.2) is 0 Å². The predicted molar refractivity (Wildman–Crippen MR) is 57.7 cm³/mol. The van der Waals surface area contributed by atoms with Crippen LogP contribution in [0, 0.1) is 0 Å². The molecule has 4 heteroatoms. The average Bonchev–Trinajstić information content (AvgIpc) is 2.01. The third-order valence-corrected chi connectivity index (χ3v) is 1.70. The van der Waals surface area contributed by atoms with E-state index >= 15 is 0 Å². The second-order valence-corrected chi connectivity index (χ2v) is 4.78. The number of alkyl halides is 1. The van der Waals surface area contributed by atoms with Crippen molar-refractivity contribution in [3.8, 4) is 0 Å². The van der Waals surface area contributed by atoms with Crippen molar-refractivity contribution in [3.05, 3.63) is 0 Å². The highest BCUT2D eigenvalue weighted by atomic mass is 127. The number of alkyl carbamates (subject to hydrolysis) is 1. The third-order valence-electron chi connectivity index (χ3n) is 1.26. The second-order valence-electron chi connectivity index (χ2n) is 2.65. The topological polar surface area (TPSA) is 38.3 Å². The van der Waals surface area contributed by atoms with Crippen molar-refractivity contribution in [2.75, 3.05) is 13.2 Å². The number of hydrogen-bond donors (Lipinski definition) is 1. The van der Waals surface area contributed by atoms with Gasteiger partial charge in [-0.2, -0.15) is 0 Å². The Morgan fingerprint density at radius 1 is 1.67 bits per heavy atom. The van der Waals surface area contributed by atoms with E-state index in [2.05, 4.69) is 34.8 Å². The standard InChI is InChI=1S/C8H16INO2/c1-3-4-5-12-8(11)10-6-7(2)9/h7H,3-6H2,1-2H3,(H,10,11). The lowest BCUT2D eigenvalue weighted by Gasteiger charge is -2.06. The normalized spacial score (nSPS) is 12.2. The van der Waals surface area contributed by atoms with Crippen LogP contribution in [-0.2, 0) is 4.74 Å². The fourth-order valence-corrected chi connectivity index (χ4v) is 0.804. The van der Waals surface area contributed by atoms with Crippen LogP contribution >= 0.6 is 22.6 Å². The van der Waals surface area contributed by atoms with Crippen LogP contribution in [0.3, 0.4) is 0 Å². The highest BCUT2D eigenvalue weighted by molar-refractivity contribution is 14.1. The van der Waals surface area contributed by atoms with Gasteiger partial charge in [-0.25, -0.2) is 4.79 Å². The first kappa shape index (κ1) is 12.0. The van der Waals surface area contributed by atoms with E-state index in [9.17, 15) is 4.79 Å². The number of ether oxygens (including phenoxy) is 1. The Balaban J connectivity index is 3.22. The van der Waals surface area contributed by atoms with Crippen LogP contribution < -0.4 is 5.32 Å². The Kier molecular flexibility index (Phi) is 7.64. The quantitative estimate of drug-likeness (QED) is 0.478. The Bertz CT molecular complexity index is 128. The fraction of sp³-hybridized carbons (Fsp3) is 0.875. The fourth-order valence-electron chi connectivity index (χ4n) is 0.584. The highest BCUT2D eigenvalue weighted by Crippen LogP contribution is 1.95. The Labute approximate surface area is 87.4 Å². The van der Waals surface area contributed by atoms with Crippen LogP contribution in [0.1, 0.15) is 26.7 Å². The lowest BCUT2D eigenvalue weighted by molar-refractivity contribution is 0.145. The maximum atomic E-state index is 10.9. The SMILES string of the molecule is CCCCOC(=O)NCC(C)I. The first-order valence-electron chi connectivity index (χ1n) is 4.21. The number of carbonyl (C=O) groups is 1. The van der Waals surface area contributed by atoms with Crippen molar-refractivity contribution in [1.29, 1.82) is 0 Å². The van der Waals surface area contributed by atoms with E-state index in [4.69, 9.17) is 4.74 Å². The van der Waals surface area contributed by atoms with Gasteiger partial charge in [-0.3, -0.25) is 0 Å². The van der Waals surface area contributed by atoms with Gasteiger partial charge in [0.2, 0.25) is 0 Å². The van der Waals surface area contributed by atoms with Crippen molar-refractivity contribution in [2.24, 2.45) is 0 Å².